The van der Waals surface area contributed by atoms with Gasteiger partial charge in [0, 0.05) is 18.6 Å². The standard InChI is InChI=1S/C10H21NO/c1-8-6-11(10(3,4)5)7-9(2)12-8/h8-9H,6-7H2,1-5H3/t8-,9+. The summed E-state index contributed by atoms with van der Waals surface area (Å²) in [6.45, 7) is 13.2. The van der Waals surface area contributed by atoms with E-state index in [1.54, 1.807) is 0 Å². The first-order valence-electron chi connectivity index (χ1n) is 4.80. The molecule has 0 spiro atoms. The van der Waals surface area contributed by atoms with Gasteiger partial charge in [-0.05, 0) is 34.6 Å². The fourth-order valence-electron chi connectivity index (χ4n) is 1.73. The van der Waals surface area contributed by atoms with Gasteiger partial charge in [-0.1, -0.05) is 0 Å². The summed E-state index contributed by atoms with van der Waals surface area (Å²) >= 11 is 0. The third-order valence-electron chi connectivity index (χ3n) is 2.37. The van der Waals surface area contributed by atoms with E-state index in [4.69, 9.17) is 4.74 Å². The van der Waals surface area contributed by atoms with Gasteiger partial charge in [0.15, 0.2) is 0 Å². The summed E-state index contributed by atoms with van der Waals surface area (Å²) in [5.41, 5.74) is 0.284. The van der Waals surface area contributed by atoms with Crippen LogP contribution in [0.4, 0.5) is 0 Å². The van der Waals surface area contributed by atoms with Gasteiger partial charge in [0.25, 0.3) is 0 Å². The van der Waals surface area contributed by atoms with Crippen LogP contribution in [0.5, 0.6) is 0 Å². The molecule has 2 atom stereocenters. The van der Waals surface area contributed by atoms with Crippen LogP contribution in [0, 0.1) is 0 Å². The molecular weight excluding hydrogens is 150 g/mol. The fraction of sp³-hybridized carbons (Fsp3) is 1.00. The third-order valence-corrected chi connectivity index (χ3v) is 2.37. The molecule has 1 rings (SSSR count). The van der Waals surface area contributed by atoms with Crippen LogP contribution in [-0.4, -0.2) is 35.7 Å². The SMILES string of the molecule is C[C@@H]1CN(C(C)(C)C)C[C@H](C)O1. The highest BCUT2D eigenvalue weighted by atomic mass is 16.5. The molecule has 1 fully saturated rings. The average molecular weight is 171 g/mol. The Morgan fingerprint density at radius 2 is 1.50 bits per heavy atom. The third kappa shape index (κ3) is 2.46. The molecule has 0 radical (unpaired) electrons. The Kier molecular flexibility index (Phi) is 2.79. The highest BCUT2D eigenvalue weighted by Gasteiger charge is 2.29. The number of hydrogen-bond donors (Lipinski definition) is 0. The summed E-state index contributed by atoms with van der Waals surface area (Å²) in [7, 11) is 0. The number of rotatable bonds is 0. The first-order chi connectivity index (χ1) is 5.39. The van der Waals surface area contributed by atoms with Crippen LogP contribution >= 0.6 is 0 Å². The van der Waals surface area contributed by atoms with Gasteiger partial charge in [-0.25, -0.2) is 0 Å². The zero-order chi connectivity index (χ0) is 9.35. The van der Waals surface area contributed by atoms with Crippen molar-refractivity contribution in [3.8, 4) is 0 Å². The van der Waals surface area contributed by atoms with E-state index in [2.05, 4.69) is 39.5 Å². The van der Waals surface area contributed by atoms with Crippen molar-refractivity contribution in [2.45, 2.75) is 52.4 Å². The van der Waals surface area contributed by atoms with Crippen molar-refractivity contribution in [1.29, 1.82) is 0 Å². The Labute approximate surface area is 75.9 Å². The maximum Gasteiger partial charge on any atom is 0.0678 e. The lowest BCUT2D eigenvalue weighted by Gasteiger charge is -2.43. The van der Waals surface area contributed by atoms with Crippen LogP contribution in [0.1, 0.15) is 34.6 Å². The molecule has 12 heavy (non-hydrogen) atoms. The Morgan fingerprint density at radius 1 is 1.08 bits per heavy atom. The van der Waals surface area contributed by atoms with Crippen molar-refractivity contribution in [2.75, 3.05) is 13.1 Å². The molecule has 0 aromatic carbocycles. The predicted molar refractivity (Wildman–Crippen MR) is 51.3 cm³/mol. The van der Waals surface area contributed by atoms with Gasteiger partial charge in [-0.2, -0.15) is 0 Å². The van der Waals surface area contributed by atoms with Crippen LogP contribution in [0.15, 0.2) is 0 Å². The molecule has 0 aromatic rings. The Balaban J connectivity index is 2.55. The molecule has 2 nitrogen and oxygen atoms in total. The quantitative estimate of drug-likeness (QED) is 0.552. The maximum atomic E-state index is 5.67. The lowest BCUT2D eigenvalue weighted by Crippen LogP contribution is -2.53. The molecule has 1 heterocycles. The normalized spacial score (nSPS) is 33.8. The lowest BCUT2D eigenvalue weighted by molar-refractivity contribution is -0.0924. The minimum atomic E-state index is 0.284. The highest BCUT2D eigenvalue weighted by molar-refractivity contribution is 4.82. The topological polar surface area (TPSA) is 12.5 Å². The number of hydrogen-bond acceptors (Lipinski definition) is 2. The van der Waals surface area contributed by atoms with Gasteiger partial charge in [-0.3, -0.25) is 4.90 Å². The molecule has 72 valence electrons. The van der Waals surface area contributed by atoms with Crippen molar-refractivity contribution in [3.05, 3.63) is 0 Å². The molecule has 0 aromatic heterocycles. The zero-order valence-electron chi connectivity index (χ0n) is 8.92. The molecule has 1 saturated heterocycles. The van der Waals surface area contributed by atoms with Crippen LogP contribution in [0.3, 0.4) is 0 Å². The van der Waals surface area contributed by atoms with E-state index in [9.17, 15) is 0 Å². The van der Waals surface area contributed by atoms with E-state index in [-0.39, 0.29) is 5.54 Å². The van der Waals surface area contributed by atoms with Crippen LogP contribution in [0.25, 0.3) is 0 Å². The summed E-state index contributed by atoms with van der Waals surface area (Å²) in [6, 6.07) is 0. The molecule has 0 bridgehead atoms. The smallest absolute Gasteiger partial charge is 0.0678 e. The fourth-order valence-corrected chi connectivity index (χ4v) is 1.73. The van der Waals surface area contributed by atoms with E-state index < -0.39 is 0 Å². The van der Waals surface area contributed by atoms with E-state index in [0.717, 1.165) is 13.1 Å². The van der Waals surface area contributed by atoms with Crippen molar-refractivity contribution in [2.24, 2.45) is 0 Å². The van der Waals surface area contributed by atoms with Gasteiger partial charge < -0.3 is 4.74 Å². The molecule has 0 saturated carbocycles. The number of ether oxygens (including phenoxy) is 1. The summed E-state index contributed by atoms with van der Waals surface area (Å²) in [6.07, 6.45) is 0.765. The molecule has 1 aliphatic heterocycles. The van der Waals surface area contributed by atoms with Gasteiger partial charge >= 0.3 is 0 Å². The summed E-state index contributed by atoms with van der Waals surface area (Å²) in [5, 5.41) is 0. The monoisotopic (exact) mass is 171 g/mol. The van der Waals surface area contributed by atoms with Gasteiger partial charge in [0.2, 0.25) is 0 Å². The second kappa shape index (κ2) is 3.35. The Morgan fingerprint density at radius 3 is 1.83 bits per heavy atom. The molecule has 1 aliphatic rings. The molecule has 0 unspecified atom stereocenters. The van der Waals surface area contributed by atoms with Gasteiger partial charge in [0.1, 0.15) is 0 Å². The van der Waals surface area contributed by atoms with E-state index in [1.165, 1.54) is 0 Å². The summed E-state index contributed by atoms with van der Waals surface area (Å²) in [4.78, 5) is 2.49. The molecular formula is C10H21NO. The minimum absolute atomic E-state index is 0.284. The minimum Gasteiger partial charge on any atom is -0.373 e. The van der Waals surface area contributed by atoms with Crippen LogP contribution in [-0.2, 0) is 4.74 Å². The average Bonchev–Trinajstić information content (AvgIpc) is 1.82. The van der Waals surface area contributed by atoms with Crippen LogP contribution in [0.2, 0.25) is 0 Å². The predicted octanol–water partition coefficient (Wildman–Crippen LogP) is 1.89. The highest BCUT2D eigenvalue weighted by Crippen LogP contribution is 2.19. The van der Waals surface area contributed by atoms with Gasteiger partial charge in [0.05, 0.1) is 12.2 Å². The second-order valence-electron chi connectivity index (χ2n) is 4.83. The molecule has 0 amide bonds. The van der Waals surface area contributed by atoms with E-state index in [1.807, 2.05) is 0 Å². The molecule has 0 N–H and O–H groups in total. The number of nitrogens with zero attached hydrogens (tertiary/aromatic N) is 1. The van der Waals surface area contributed by atoms with Crippen molar-refractivity contribution in [3.63, 3.8) is 0 Å². The first-order valence-corrected chi connectivity index (χ1v) is 4.80. The lowest BCUT2D eigenvalue weighted by atomic mass is 10.0. The largest absolute Gasteiger partial charge is 0.373 e. The second-order valence-corrected chi connectivity index (χ2v) is 4.83. The van der Waals surface area contributed by atoms with Crippen LogP contribution < -0.4 is 0 Å². The van der Waals surface area contributed by atoms with E-state index >= 15 is 0 Å². The molecule has 0 aliphatic carbocycles. The van der Waals surface area contributed by atoms with E-state index in [0.29, 0.717) is 12.2 Å². The molecule has 2 heteroatoms. The van der Waals surface area contributed by atoms with Gasteiger partial charge in [-0.15, -0.1) is 0 Å². The van der Waals surface area contributed by atoms with Crippen molar-refractivity contribution >= 4 is 0 Å². The van der Waals surface area contributed by atoms with Crippen molar-refractivity contribution < 1.29 is 4.74 Å². The maximum absolute atomic E-state index is 5.67. The Hall–Kier alpha value is -0.0800. The van der Waals surface area contributed by atoms with Crippen molar-refractivity contribution in [1.82, 2.24) is 4.90 Å². The summed E-state index contributed by atoms with van der Waals surface area (Å²) in [5.74, 6) is 0. The summed E-state index contributed by atoms with van der Waals surface area (Å²) < 4.78 is 5.67. The Bertz CT molecular complexity index is 140. The first kappa shape index (κ1) is 10.0. The number of morpholine rings is 1. The zero-order valence-corrected chi connectivity index (χ0v) is 8.92.